The van der Waals surface area contributed by atoms with E-state index in [2.05, 4.69) is 49.2 Å². The molecule has 1 aliphatic carbocycles. The lowest BCUT2D eigenvalue weighted by molar-refractivity contribution is 0.288. The molecule has 1 saturated carbocycles. The van der Waals surface area contributed by atoms with Gasteiger partial charge >= 0.3 is 0 Å². The topological polar surface area (TPSA) is 90.7 Å². The molecule has 5 rings (SSSR count). The molecule has 0 aromatic carbocycles. The number of nitrogens with one attached hydrogen (secondary N) is 2. The van der Waals surface area contributed by atoms with Crippen LogP contribution in [0.2, 0.25) is 0 Å². The molecule has 2 N–H and O–H groups in total. The van der Waals surface area contributed by atoms with Crippen LogP contribution in [0.1, 0.15) is 60.3 Å². The van der Waals surface area contributed by atoms with Crippen molar-refractivity contribution in [3.05, 3.63) is 71.1 Å². The SMILES string of the molecule is C=Nc1cncc(C2CCC2)c1/C(=N\Cc1ccnc(Nc2ncc(C)cc2F)c1)N(C)C1CCNCC1. The van der Waals surface area contributed by atoms with Crippen molar-refractivity contribution in [3.8, 4) is 0 Å². The van der Waals surface area contributed by atoms with Gasteiger partial charge in [-0.3, -0.25) is 15.0 Å². The highest BCUT2D eigenvalue weighted by Gasteiger charge is 2.30. The van der Waals surface area contributed by atoms with Crippen LogP contribution in [-0.4, -0.2) is 58.6 Å². The molecule has 3 aromatic rings. The molecule has 9 heteroatoms. The second-order valence-electron chi connectivity index (χ2n) is 10.2. The van der Waals surface area contributed by atoms with Crippen LogP contribution in [0.4, 0.5) is 21.7 Å². The number of aryl methyl sites for hydroxylation is 1. The molecule has 0 atom stereocenters. The zero-order valence-electron chi connectivity index (χ0n) is 22.1. The highest BCUT2D eigenvalue weighted by Crippen LogP contribution is 2.40. The number of rotatable bonds is 8. The zero-order chi connectivity index (χ0) is 26.5. The first-order chi connectivity index (χ1) is 18.5. The van der Waals surface area contributed by atoms with Gasteiger partial charge in [0, 0.05) is 37.2 Å². The lowest BCUT2D eigenvalue weighted by Gasteiger charge is -2.36. The number of anilines is 2. The maximum absolute atomic E-state index is 14.3. The molecule has 198 valence electrons. The van der Waals surface area contributed by atoms with Crippen LogP contribution in [0, 0.1) is 12.7 Å². The van der Waals surface area contributed by atoms with Crippen molar-refractivity contribution in [2.45, 2.75) is 57.5 Å². The van der Waals surface area contributed by atoms with Crippen LogP contribution in [0.5, 0.6) is 0 Å². The van der Waals surface area contributed by atoms with Crippen LogP contribution in [0.25, 0.3) is 0 Å². The van der Waals surface area contributed by atoms with Crippen LogP contribution in [0.15, 0.2) is 53.0 Å². The first kappa shape index (κ1) is 25.9. The fourth-order valence-corrected chi connectivity index (χ4v) is 5.15. The van der Waals surface area contributed by atoms with Gasteiger partial charge in [-0.1, -0.05) is 6.42 Å². The van der Waals surface area contributed by atoms with Gasteiger partial charge in [0.1, 0.15) is 11.7 Å². The predicted molar refractivity (Wildman–Crippen MR) is 150 cm³/mol. The normalized spacial score (nSPS) is 16.7. The highest BCUT2D eigenvalue weighted by molar-refractivity contribution is 6.04. The lowest BCUT2D eigenvalue weighted by atomic mass is 9.78. The Morgan fingerprint density at radius 1 is 1.16 bits per heavy atom. The molecule has 4 heterocycles. The van der Waals surface area contributed by atoms with Crippen molar-refractivity contribution >= 4 is 29.9 Å². The summed E-state index contributed by atoms with van der Waals surface area (Å²) in [7, 11) is 2.14. The van der Waals surface area contributed by atoms with Gasteiger partial charge in [-0.15, -0.1) is 0 Å². The summed E-state index contributed by atoms with van der Waals surface area (Å²) in [6.45, 7) is 8.07. The lowest BCUT2D eigenvalue weighted by Crippen LogP contribution is -2.44. The van der Waals surface area contributed by atoms with E-state index in [0.29, 0.717) is 24.3 Å². The number of aliphatic imine (C=N–C) groups is 2. The molecule has 3 aromatic heterocycles. The number of hydrogen-bond donors (Lipinski definition) is 2. The van der Waals surface area contributed by atoms with Gasteiger partial charge in [-0.2, -0.15) is 0 Å². The summed E-state index contributed by atoms with van der Waals surface area (Å²) in [6, 6.07) is 5.65. The van der Waals surface area contributed by atoms with Crippen LogP contribution in [0.3, 0.4) is 0 Å². The number of halogens is 1. The van der Waals surface area contributed by atoms with Crippen LogP contribution >= 0.6 is 0 Å². The van der Waals surface area contributed by atoms with Gasteiger partial charge in [-0.05, 0) is 93.2 Å². The summed E-state index contributed by atoms with van der Waals surface area (Å²) < 4.78 is 14.3. The molecule has 38 heavy (non-hydrogen) atoms. The molecule has 1 aliphatic heterocycles. The Hall–Kier alpha value is -3.72. The first-order valence-corrected chi connectivity index (χ1v) is 13.3. The van der Waals surface area contributed by atoms with E-state index in [1.807, 2.05) is 25.3 Å². The molecule has 0 amide bonds. The molecule has 2 fully saturated rings. The second-order valence-corrected chi connectivity index (χ2v) is 10.2. The smallest absolute Gasteiger partial charge is 0.167 e. The van der Waals surface area contributed by atoms with Crippen LogP contribution < -0.4 is 10.6 Å². The standard InChI is InChI=1S/C29H35FN8/c1-19-13-24(30)28(35-15-19)37-26-14-20(7-12-34-26)16-36-29(38(3)22-8-10-32-11-9-22)27-23(21-5-4-6-21)17-33-18-25(27)31-2/h7,12-15,17-18,21-22,32H,2,4-6,8-11,16H2,1,3H3,(H,34,35,37)/b36-29+. The molecular weight excluding hydrogens is 479 g/mol. The minimum Gasteiger partial charge on any atom is -0.356 e. The Bertz CT molecular complexity index is 1310. The highest BCUT2D eigenvalue weighted by atomic mass is 19.1. The number of amidine groups is 1. The zero-order valence-corrected chi connectivity index (χ0v) is 22.1. The molecule has 0 unspecified atom stereocenters. The number of hydrogen-bond acceptors (Lipinski definition) is 7. The first-order valence-electron chi connectivity index (χ1n) is 13.3. The molecule has 0 spiro atoms. The van der Waals surface area contributed by atoms with Crippen molar-refractivity contribution in [1.29, 1.82) is 0 Å². The van der Waals surface area contributed by atoms with E-state index in [4.69, 9.17) is 4.99 Å². The Morgan fingerprint density at radius 3 is 2.68 bits per heavy atom. The van der Waals surface area contributed by atoms with Crippen molar-refractivity contribution in [1.82, 2.24) is 25.2 Å². The van der Waals surface area contributed by atoms with E-state index in [1.54, 1.807) is 18.6 Å². The third-order valence-corrected chi connectivity index (χ3v) is 7.54. The van der Waals surface area contributed by atoms with Gasteiger partial charge in [0.15, 0.2) is 11.6 Å². The Balaban J connectivity index is 1.48. The molecule has 0 bridgehead atoms. The van der Waals surface area contributed by atoms with E-state index < -0.39 is 5.82 Å². The van der Waals surface area contributed by atoms with Crippen molar-refractivity contribution in [2.75, 3.05) is 25.5 Å². The average Bonchev–Trinajstić information content (AvgIpc) is 2.90. The summed E-state index contributed by atoms with van der Waals surface area (Å²) in [5, 5.41) is 6.46. The fourth-order valence-electron chi connectivity index (χ4n) is 5.15. The van der Waals surface area contributed by atoms with Gasteiger partial charge in [0.25, 0.3) is 0 Å². The van der Waals surface area contributed by atoms with E-state index in [1.165, 1.54) is 18.1 Å². The summed E-state index contributed by atoms with van der Waals surface area (Å²) in [4.78, 5) is 24.9. The quantitative estimate of drug-likeness (QED) is 0.313. The number of piperidine rings is 1. The largest absolute Gasteiger partial charge is 0.356 e. The number of pyridine rings is 3. The van der Waals surface area contributed by atoms with Gasteiger partial charge < -0.3 is 15.5 Å². The van der Waals surface area contributed by atoms with E-state index in [0.717, 1.165) is 67.0 Å². The average molecular weight is 515 g/mol. The van der Waals surface area contributed by atoms with Crippen molar-refractivity contribution in [3.63, 3.8) is 0 Å². The third kappa shape index (κ3) is 5.72. The Labute approximate surface area is 223 Å². The number of nitrogens with zero attached hydrogens (tertiary/aromatic N) is 6. The maximum atomic E-state index is 14.3. The minimum atomic E-state index is -0.410. The summed E-state index contributed by atoms with van der Waals surface area (Å²) >= 11 is 0. The van der Waals surface area contributed by atoms with Crippen molar-refractivity contribution < 1.29 is 4.39 Å². The molecule has 1 saturated heterocycles. The monoisotopic (exact) mass is 514 g/mol. The van der Waals surface area contributed by atoms with Crippen molar-refractivity contribution in [2.24, 2.45) is 9.98 Å². The van der Waals surface area contributed by atoms with Gasteiger partial charge in [0.05, 0.1) is 18.4 Å². The third-order valence-electron chi connectivity index (χ3n) is 7.54. The molecule has 2 aliphatic rings. The molecule has 0 radical (unpaired) electrons. The van der Waals surface area contributed by atoms with Gasteiger partial charge in [-0.25, -0.2) is 14.4 Å². The summed E-state index contributed by atoms with van der Waals surface area (Å²) in [6.07, 6.45) is 12.7. The molecular formula is C29H35FN8. The summed E-state index contributed by atoms with van der Waals surface area (Å²) in [5.41, 5.74) is 4.74. The minimum absolute atomic E-state index is 0.152. The predicted octanol–water partition coefficient (Wildman–Crippen LogP) is 5.29. The Kier molecular flexibility index (Phi) is 8.03. The van der Waals surface area contributed by atoms with E-state index >= 15 is 0 Å². The number of aromatic nitrogens is 3. The van der Waals surface area contributed by atoms with E-state index in [9.17, 15) is 4.39 Å². The maximum Gasteiger partial charge on any atom is 0.167 e. The fraction of sp³-hybridized carbons (Fsp3) is 0.414. The Morgan fingerprint density at radius 2 is 1.97 bits per heavy atom. The molecule has 8 nitrogen and oxygen atoms in total. The second kappa shape index (κ2) is 11.8. The van der Waals surface area contributed by atoms with E-state index in [-0.39, 0.29) is 5.82 Å². The van der Waals surface area contributed by atoms with Gasteiger partial charge in [0.2, 0.25) is 0 Å². The summed E-state index contributed by atoms with van der Waals surface area (Å²) in [5.74, 6) is 1.65. The van der Waals surface area contributed by atoms with Crippen LogP contribution in [-0.2, 0) is 6.54 Å².